The highest BCUT2D eigenvalue weighted by Crippen LogP contribution is 2.57. The molecule has 0 radical (unpaired) electrons. The van der Waals surface area contributed by atoms with Crippen LogP contribution in [0.2, 0.25) is 0 Å². The lowest BCUT2D eigenvalue weighted by atomic mass is 9.51. The van der Waals surface area contributed by atoms with Gasteiger partial charge in [0.2, 0.25) is 0 Å². The van der Waals surface area contributed by atoms with Gasteiger partial charge in [0, 0.05) is 36.6 Å². The van der Waals surface area contributed by atoms with E-state index in [-0.39, 0.29) is 6.04 Å². The Morgan fingerprint density at radius 1 is 1.27 bits per heavy atom. The van der Waals surface area contributed by atoms with Crippen molar-refractivity contribution in [2.45, 2.75) is 64.1 Å². The lowest BCUT2D eigenvalue weighted by Gasteiger charge is -2.61. The van der Waals surface area contributed by atoms with Crippen molar-refractivity contribution < 1.29 is 9.47 Å². The van der Waals surface area contributed by atoms with E-state index in [9.17, 15) is 0 Å². The summed E-state index contributed by atoms with van der Waals surface area (Å²) >= 11 is 0. The van der Waals surface area contributed by atoms with Crippen LogP contribution in [0.25, 0.3) is 0 Å². The molecule has 2 aliphatic carbocycles. The lowest BCUT2D eigenvalue weighted by Crippen LogP contribution is -2.68. The molecule has 3 aliphatic rings. The number of para-hydroxylation sites is 1. The molecule has 26 heavy (non-hydrogen) atoms. The van der Waals surface area contributed by atoms with Gasteiger partial charge in [0.25, 0.3) is 0 Å². The quantitative estimate of drug-likeness (QED) is 0.626. The summed E-state index contributed by atoms with van der Waals surface area (Å²) in [6.45, 7) is 6.51. The third-order valence-corrected chi connectivity index (χ3v) is 6.33. The maximum Gasteiger partial charge on any atom is 0.191 e. The van der Waals surface area contributed by atoms with Gasteiger partial charge in [-0.1, -0.05) is 24.6 Å². The van der Waals surface area contributed by atoms with Crippen LogP contribution in [0.15, 0.2) is 29.3 Å². The lowest BCUT2D eigenvalue weighted by molar-refractivity contribution is -0.168. The number of hydrogen-bond donors (Lipinski definition) is 2. The molecule has 0 aromatic heterocycles. The SMILES string of the molecule is CCN=C(NC1CCOc2ccccc21)NC1CC(OCC)C12CCC2. The molecule has 0 saturated heterocycles. The molecule has 4 rings (SSSR count). The van der Waals surface area contributed by atoms with Crippen molar-refractivity contribution in [2.75, 3.05) is 19.8 Å². The van der Waals surface area contributed by atoms with Crippen LogP contribution < -0.4 is 15.4 Å². The molecule has 1 aliphatic heterocycles. The largest absolute Gasteiger partial charge is 0.493 e. The van der Waals surface area contributed by atoms with Crippen LogP contribution in [0.3, 0.4) is 0 Å². The second kappa shape index (κ2) is 7.47. The summed E-state index contributed by atoms with van der Waals surface area (Å²) in [7, 11) is 0. The zero-order chi connectivity index (χ0) is 18.0. The minimum atomic E-state index is 0.248. The van der Waals surface area contributed by atoms with E-state index in [0.29, 0.717) is 17.6 Å². The molecule has 2 N–H and O–H groups in total. The highest BCUT2D eigenvalue weighted by atomic mass is 16.5. The predicted molar refractivity (Wildman–Crippen MR) is 104 cm³/mol. The van der Waals surface area contributed by atoms with Gasteiger partial charge in [-0.25, -0.2) is 0 Å². The first-order valence-corrected chi connectivity index (χ1v) is 10.2. The first-order chi connectivity index (χ1) is 12.8. The fraction of sp³-hybridized carbons (Fsp3) is 0.667. The van der Waals surface area contributed by atoms with E-state index in [1.807, 2.05) is 6.07 Å². The Balaban J connectivity index is 1.44. The van der Waals surface area contributed by atoms with Crippen LogP contribution >= 0.6 is 0 Å². The van der Waals surface area contributed by atoms with Gasteiger partial charge < -0.3 is 20.1 Å². The minimum absolute atomic E-state index is 0.248. The van der Waals surface area contributed by atoms with Gasteiger partial charge in [0.1, 0.15) is 5.75 Å². The fourth-order valence-electron chi connectivity index (χ4n) is 4.75. The predicted octanol–water partition coefficient (Wildman–Crippen LogP) is 3.41. The van der Waals surface area contributed by atoms with Crippen LogP contribution in [0.5, 0.6) is 5.75 Å². The molecule has 2 fully saturated rings. The monoisotopic (exact) mass is 357 g/mol. The molecular weight excluding hydrogens is 326 g/mol. The smallest absolute Gasteiger partial charge is 0.191 e. The summed E-state index contributed by atoms with van der Waals surface area (Å²) in [5.74, 6) is 1.92. The van der Waals surface area contributed by atoms with E-state index in [2.05, 4.69) is 42.7 Å². The molecule has 2 saturated carbocycles. The van der Waals surface area contributed by atoms with Crippen molar-refractivity contribution in [3.05, 3.63) is 29.8 Å². The van der Waals surface area contributed by atoms with E-state index >= 15 is 0 Å². The zero-order valence-electron chi connectivity index (χ0n) is 16.0. The van der Waals surface area contributed by atoms with Crippen LogP contribution in [0.1, 0.15) is 57.6 Å². The van der Waals surface area contributed by atoms with Crippen molar-refractivity contribution >= 4 is 5.96 Å². The topological polar surface area (TPSA) is 54.9 Å². The first kappa shape index (κ1) is 17.7. The Morgan fingerprint density at radius 3 is 2.85 bits per heavy atom. The van der Waals surface area contributed by atoms with Crippen molar-refractivity contribution in [2.24, 2.45) is 10.4 Å². The Bertz CT molecular complexity index is 656. The van der Waals surface area contributed by atoms with Crippen LogP contribution in [0.4, 0.5) is 0 Å². The van der Waals surface area contributed by atoms with Gasteiger partial charge in [-0.05, 0) is 39.2 Å². The van der Waals surface area contributed by atoms with Crippen molar-refractivity contribution in [3.63, 3.8) is 0 Å². The number of nitrogens with one attached hydrogen (secondary N) is 2. The average molecular weight is 357 g/mol. The number of benzene rings is 1. The molecule has 5 nitrogen and oxygen atoms in total. The Morgan fingerprint density at radius 2 is 2.12 bits per heavy atom. The highest BCUT2D eigenvalue weighted by Gasteiger charge is 2.59. The molecule has 1 heterocycles. The molecule has 0 bridgehead atoms. The van der Waals surface area contributed by atoms with Gasteiger partial charge in [0.15, 0.2) is 5.96 Å². The van der Waals surface area contributed by atoms with E-state index in [0.717, 1.165) is 44.3 Å². The summed E-state index contributed by atoms with van der Waals surface area (Å²) in [6, 6.07) is 9.03. The Hall–Kier alpha value is -1.75. The maximum absolute atomic E-state index is 5.99. The van der Waals surface area contributed by atoms with Crippen LogP contribution in [-0.2, 0) is 4.74 Å². The summed E-state index contributed by atoms with van der Waals surface area (Å²) in [5, 5.41) is 7.39. The van der Waals surface area contributed by atoms with Crippen molar-refractivity contribution in [3.8, 4) is 5.75 Å². The number of aliphatic imine (C=N–C) groups is 1. The fourth-order valence-corrected chi connectivity index (χ4v) is 4.75. The highest BCUT2D eigenvalue weighted by molar-refractivity contribution is 5.81. The summed E-state index contributed by atoms with van der Waals surface area (Å²) < 4.78 is 11.8. The van der Waals surface area contributed by atoms with Gasteiger partial charge in [-0.15, -0.1) is 0 Å². The van der Waals surface area contributed by atoms with E-state index in [4.69, 9.17) is 14.5 Å². The van der Waals surface area contributed by atoms with E-state index in [1.54, 1.807) is 0 Å². The molecular formula is C21H31N3O2. The second-order valence-electron chi connectivity index (χ2n) is 7.66. The molecule has 1 spiro atoms. The minimum Gasteiger partial charge on any atom is -0.493 e. The third-order valence-electron chi connectivity index (χ3n) is 6.33. The van der Waals surface area contributed by atoms with Gasteiger partial charge in [-0.3, -0.25) is 4.99 Å². The molecule has 0 amide bonds. The Labute approximate surface area is 156 Å². The van der Waals surface area contributed by atoms with Gasteiger partial charge in [-0.2, -0.15) is 0 Å². The number of guanidine groups is 1. The van der Waals surface area contributed by atoms with E-state index < -0.39 is 0 Å². The zero-order valence-corrected chi connectivity index (χ0v) is 16.0. The third kappa shape index (κ3) is 3.07. The van der Waals surface area contributed by atoms with Crippen molar-refractivity contribution in [1.82, 2.24) is 10.6 Å². The van der Waals surface area contributed by atoms with Gasteiger partial charge in [0.05, 0.1) is 18.8 Å². The maximum atomic E-state index is 5.99. The molecule has 3 unspecified atom stereocenters. The number of nitrogens with zero attached hydrogens (tertiary/aromatic N) is 1. The van der Waals surface area contributed by atoms with E-state index in [1.165, 1.54) is 24.8 Å². The molecule has 1 aromatic carbocycles. The van der Waals surface area contributed by atoms with Gasteiger partial charge >= 0.3 is 0 Å². The number of ether oxygens (including phenoxy) is 2. The first-order valence-electron chi connectivity index (χ1n) is 10.2. The molecule has 1 aromatic rings. The number of fused-ring (bicyclic) bond motifs is 1. The van der Waals surface area contributed by atoms with Crippen molar-refractivity contribution in [1.29, 1.82) is 0 Å². The Kier molecular flexibility index (Phi) is 5.07. The summed E-state index contributed by atoms with van der Waals surface area (Å²) in [4.78, 5) is 4.72. The molecule has 5 heteroatoms. The van der Waals surface area contributed by atoms with Crippen LogP contribution in [-0.4, -0.2) is 37.9 Å². The second-order valence-corrected chi connectivity index (χ2v) is 7.66. The normalized spacial score (nSPS) is 29.2. The summed E-state index contributed by atoms with van der Waals surface area (Å²) in [5.41, 5.74) is 1.56. The molecule has 142 valence electrons. The van der Waals surface area contributed by atoms with Crippen LogP contribution in [0, 0.1) is 5.41 Å². The molecule has 3 atom stereocenters. The number of rotatable bonds is 5. The standard InChI is InChI=1S/C21H31N3O2/c1-3-22-20(23-16-10-13-26-17-9-6-5-8-15(16)17)24-18-14-19(25-4-2)21(18)11-7-12-21/h5-6,8-9,16,18-19H,3-4,7,10-14H2,1-2H3,(H2,22,23,24). The average Bonchev–Trinajstić information content (AvgIpc) is 2.60. The summed E-state index contributed by atoms with van der Waals surface area (Å²) in [6.07, 6.45) is 6.33. The number of hydrogen-bond acceptors (Lipinski definition) is 3.